The van der Waals surface area contributed by atoms with Gasteiger partial charge in [0.05, 0.1) is 25.4 Å². The zero-order valence-corrected chi connectivity index (χ0v) is 49.1. The van der Waals surface area contributed by atoms with E-state index in [9.17, 15) is 40.5 Å². The monoisotopic (exact) mass is 1070 g/mol. The summed E-state index contributed by atoms with van der Waals surface area (Å²) in [5.41, 5.74) is 0. The number of aliphatic hydroxyl groups excluding tert-OH is 7. The van der Waals surface area contributed by atoms with Gasteiger partial charge in [-0.05, 0) is 38.5 Å². The summed E-state index contributed by atoms with van der Waals surface area (Å²) in [4.78, 5) is 13.2. The highest BCUT2D eigenvalue weighted by Crippen LogP contribution is 2.24. The van der Waals surface area contributed by atoms with Crippen LogP contribution in [0, 0.1) is 0 Å². The molecule has 0 aromatic rings. The van der Waals surface area contributed by atoms with E-state index in [1.54, 1.807) is 0 Å². The van der Waals surface area contributed by atoms with Crippen LogP contribution < -0.4 is 5.32 Å². The average Bonchev–Trinajstić information content (AvgIpc) is 3.41. The van der Waals surface area contributed by atoms with Crippen molar-refractivity contribution in [2.45, 2.75) is 377 Å². The third kappa shape index (κ3) is 41.5. The second kappa shape index (κ2) is 53.5. The molecule has 9 atom stereocenters. The van der Waals surface area contributed by atoms with Gasteiger partial charge in [-0.3, -0.25) is 4.79 Å². The van der Waals surface area contributed by atoms with Crippen molar-refractivity contribution in [3.63, 3.8) is 0 Å². The normalized spacial score (nSPS) is 19.7. The average molecular weight is 1070 g/mol. The number of unbranched alkanes of at least 4 members (excludes halogenated alkanes) is 43. The fourth-order valence-corrected chi connectivity index (χ4v) is 10.8. The van der Waals surface area contributed by atoms with Crippen LogP contribution in [-0.2, 0) is 14.3 Å². The number of rotatable bonds is 57. The first kappa shape index (κ1) is 71.9. The van der Waals surface area contributed by atoms with E-state index >= 15 is 0 Å². The number of amides is 1. The highest BCUT2D eigenvalue weighted by molar-refractivity contribution is 5.80. The minimum Gasteiger partial charge on any atom is -0.394 e. The van der Waals surface area contributed by atoms with Gasteiger partial charge >= 0.3 is 0 Å². The lowest BCUT2D eigenvalue weighted by Gasteiger charge is -2.40. The third-order valence-corrected chi connectivity index (χ3v) is 16.1. The van der Waals surface area contributed by atoms with Crippen molar-refractivity contribution in [2.75, 3.05) is 13.2 Å². The van der Waals surface area contributed by atoms with Crippen LogP contribution in [0.1, 0.15) is 322 Å². The quantitative estimate of drug-likeness (QED) is 0.0215. The Morgan fingerprint density at radius 3 is 1.12 bits per heavy atom. The Balaban J connectivity index is 2.15. The molecule has 1 fully saturated rings. The summed E-state index contributed by atoms with van der Waals surface area (Å²) in [6.07, 6.45) is 53.0. The van der Waals surface area contributed by atoms with E-state index in [4.69, 9.17) is 9.47 Å². The van der Waals surface area contributed by atoms with Gasteiger partial charge in [0.2, 0.25) is 5.91 Å². The minimum absolute atomic E-state index is 0.265. The Labute approximate surface area is 462 Å². The molecule has 446 valence electrons. The summed E-state index contributed by atoms with van der Waals surface area (Å²) < 4.78 is 11.2. The molecular formula is C64H125NO10. The van der Waals surface area contributed by atoms with Gasteiger partial charge in [0.15, 0.2) is 6.29 Å². The number of allylic oxidation sites excluding steroid dienone is 2. The van der Waals surface area contributed by atoms with Crippen LogP contribution in [0.4, 0.5) is 0 Å². The van der Waals surface area contributed by atoms with Gasteiger partial charge < -0.3 is 50.5 Å². The van der Waals surface area contributed by atoms with Crippen molar-refractivity contribution < 1.29 is 50.0 Å². The lowest BCUT2D eigenvalue weighted by Crippen LogP contribution is -2.60. The van der Waals surface area contributed by atoms with E-state index in [2.05, 4.69) is 31.3 Å². The van der Waals surface area contributed by atoms with Crippen LogP contribution in [-0.4, -0.2) is 110 Å². The van der Waals surface area contributed by atoms with E-state index < -0.39 is 74.2 Å². The largest absolute Gasteiger partial charge is 0.394 e. The zero-order chi connectivity index (χ0) is 54.7. The van der Waals surface area contributed by atoms with E-state index in [1.807, 2.05) is 0 Å². The van der Waals surface area contributed by atoms with Gasteiger partial charge in [0.1, 0.15) is 36.6 Å². The SMILES string of the molecule is CCCCCCCCCCCCCCCC/C=C\CCCCCCCCCCCCCCCCCCC(O)C(=O)NC(COC1OC(CO)C(O)C(O)C1O)C(O)C(O)CCCCCCCCCCCCCCCC. The molecule has 11 nitrogen and oxygen atoms in total. The summed E-state index contributed by atoms with van der Waals surface area (Å²) in [7, 11) is 0. The van der Waals surface area contributed by atoms with E-state index in [0.717, 1.165) is 38.5 Å². The van der Waals surface area contributed by atoms with E-state index in [0.29, 0.717) is 19.3 Å². The first-order valence-corrected chi connectivity index (χ1v) is 32.6. The molecule has 1 amide bonds. The smallest absolute Gasteiger partial charge is 0.249 e. The standard InChI is InChI=1S/C64H125NO10/c1-3-5-7-9-11-13-15-17-19-20-21-22-23-24-25-26-27-28-29-30-31-32-33-34-35-36-37-38-40-42-44-46-48-50-52-57(68)63(73)65-55(54-74-64-62(72)61(71)60(70)58(53-66)75-64)59(69)56(67)51-49-47-45-43-41-39-18-16-14-12-10-8-6-4-2/h26-27,55-62,64,66-72H,3-25,28-54H2,1-2H3,(H,65,73)/b27-26-. The van der Waals surface area contributed by atoms with Crippen molar-refractivity contribution in [2.24, 2.45) is 0 Å². The first-order valence-electron chi connectivity index (χ1n) is 32.6. The Morgan fingerprint density at radius 1 is 0.453 bits per heavy atom. The molecule has 9 unspecified atom stereocenters. The summed E-state index contributed by atoms with van der Waals surface area (Å²) in [6.45, 7) is 3.49. The molecule has 0 aromatic heterocycles. The van der Waals surface area contributed by atoms with Crippen molar-refractivity contribution >= 4 is 5.91 Å². The van der Waals surface area contributed by atoms with Gasteiger partial charge in [0.25, 0.3) is 0 Å². The summed E-state index contributed by atoms with van der Waals surface area (Å²) in [5.74, 6) is -0.691. The second-order valence-electron chi connectivity index (χ2n) is 23.2. The highest BCUT2D eigenvalue weighted by Gasteiger charge is 2.44. The maximum atomic E-state index is 13.2. The number of carbonyl (C=O) groups excluding carboxylic acids is 1. The number of aliphatic hydroxyl groups is 7. The molecule has 0 aromatic carbocycles. The zero-order valence-electron chi connectivity index (χ0n) is 49.1. The van der Waals surface area contributed by atoms with Crippen LogP contribution in [0.5, 0.6) is 0 Å². The molecule has 1 heterocycles. The number of carbonyl (C=O) groups is 1. The van der Waals surface area contributed by atoms with Gasteiger partial charge in [-0.2, -0.15) is 0 Å². The van der Waals surface area contributed by atoms with Crippen LogP contribution in [0.3, 0.4) is 0 Å². The molecule has 8 N–H and O–H groups in total. The lowest BCUT2D eigenvalue weighted by atomic mass is 9.98. The highest BCUT2D eigenvalue weighted by atomic mass is 16.7. The fourth-order valence-electron chi connectivity index (χ4n) is 10.8. The molecule has 11 heteroatoms. The Morgan fingerprint density at radius 2 is 0.773 bits per heavy atom. The van der Waals surface area contributed by atoms with Crippen LogP contribution >= 0.6 is 0 Å². The number of nitrogens with one attached hydrogen (secondary N) is 1. The molecule has 1 saturated heterocycles. The molecule has 1 aliphatic rings. The summed E-state index contributed by atoms with van der Waals surface area (Å²) in [5, 5.41) is 76.2. The number of hydrogen-bond donors (Lipinski definition) is 8. The molecule has 0 bridgehead atoms. The lowest BCUT2D eigenvalue weighted by molar-refractivity contribution is -0.303. The summed E-state index contributed by atoms with van der Waals surface area (Å²) in [6, 6.07) is -1.16. The number of ether oxygens (including phenoxy) is 2. The predicted octanol–water partition coefficient (Wildman–Crippen LogP) is 14.7. The Hall–Kier alpha value is -1.15. The third-order valence-electron chi connectivity index (χ3n) is 16.1. The number of hydrogen-bond acceptors (Lipinski definition) is 10. The minimum atomic E-state index is -1.66. The van der Waals surface area contributed by atoms with E-state index in [-0.39, 0.29) is 6.42 Å². The maximum Gasteiger partial charge on any atom is 0.249 e. The second-order valence-corrected chi connectivity index (χ2v) is 23.2. The van der Waals surface area contributed by atoms with Crippen molar-refractivity contribution in [3.8, 4) is 0 Å². The van der Waals surface area contributed by atoms with Crippen LogP contribution in [0.25, 0.3) is 0 Å². The fraction of sp³-hybridized carbons (Fsp3) is 0.953. The molecule has 0 radical (unpaired) electrons. The predicted molar refractivity (Wildman–Crippen MR) is 312 cm³/mol. The van der Waals surface area contributed by atoms with Gasteiger partial charge in [-0.1, -0.05) is 296 Å². The molecule has 1 aliphatic heterocycles. The van der Waals surface area contributed by atoms with Crippen molar-refractivity contribution in [1.29, 1.82) is 0 Å². The Kier molecular flexibility index (Phi) is 51.3. The molecule has 0 saturated carbocycles. The topological polar surface area (TPSA) is 189 Å². The Bertz CT molecular complexity index is 1220. The summed E-state index contributed by atoms with van der Waals surface area (Å²) >= 11 is 0. The van der Waals surface area contributed by atoms with Crippen LogP contribution in [0.15, 0.2) is 12.2 Å². The molecular weight excluding hydrogens is 943 g/mol. The van der Waals surface area contributed by atoms with Crippen LogP contribution in [0.2, 0.25) is 0 Å². The molecule has 0 spiro atoms. The van der Waals surface area contributed by atoms with Crippen molar-refractivity contribution in [1.82, 2.24) is 5.32 Å². The molecule has 1 rings (SSSR count). The van der Waals surface area contributed by atoms with Gasteiger partial charge in [-0.25, -0.2) is 0 Å². The van der Waals surface area contributed by atoms with E-state index in [1.165, 1.54) is 244 Å². The molecule has 0 aliphatic carbocycles. The maximum absolute atomic E-state index is 13.2. The van der Waals surface area contributed by atoms with Gasteiger partial charge in [-0.15, -0.1) is 0 Å². The van der Waals surface area contributed by atoms with Crippen molar-refractivity contribution in [3.05, 3.63) is 12.2 Å². The first-order chi connectivity index (χ1) is 36.7. The van der Waals surface area contributed by atoms with Gasteiger partial charge in [0, 0.05) is 0 Å². The molecule has 75 heavy (non-hydrogen) atoms.